The average Bonchev–Trinajstić information content (AvgIpc) is 3.52. The Morgan fingerprint density at radius 1 is 1.09 bits per heavy atom. The van der Waals surface area contributed by atoms with Crippen LogP contribution in [0.2, 0.25) is 0 Å². The summed E-state index contributed by atoms with van der Waals surface area (Å²) >= 11 is 0. The first-order valence-electron chi connectivity index (χ1n) is 10.7. The smallest absolute Gasteiger partial charge is 0.257 e. The van der Waals surface area contributed by atoms with E-state index in [1.807, 2.05) is 13.8 Å². The lowest BCUT2D eigenvalue weighted by Gasteiger charge is -2.14. The van der Waals surface area contributed by atoms with Crippen molar-refractivity contribution in [3.05, 3.63) is 64.3 Å². The molecule has 35 heavy (non-hydrogen) atoms. The first-order chi connectivity index (χ1) is 16.8. The molecule has 1 aromatic carbocycles. The molecule has 0 atom stereocenters. The van der Waals surface area contributed by atoms with Gasteiger partial charge in [-0.15, -0.1) is 0 Å². The number of amides is 1. The second-order valence-corrected chi connectivity index (χ2v) is 7.82. The van der Waals surface area contributed by atoms with Crippen LogP contribution in [0, 0.1) is 0 Å². The molecule has 4 aromatic rings. The number of hydrogen-bond donors (Lipinski definition) is 2. The summed E-state index contributed by atoms with van der Waals surface area (Å²) in [5, 5.41) is 7.33. The summed E-state index contributed by atoms with van der Waals surface area (Å²) in [7, 11) is 4.41. The maximum atomic E-state index is 13.3. The Hall–Kier alpha value is -4.54. The quantitative estimate of drug-likeness (QED) is 0.391. The molecule has 182 valence electrons. The molecule has 0 saturated heterocycles. The normalized spacial score (nSPS) is 10.9. The molecule has 0 unspecified atom stereocenters. The molecule has 0 aliphatic heterocycles. The van der Waals surface area contributed by atoms with Gasteiger partial charge in [0.15, 0.2) is 17.3 Å². The van der Waals surface area contributed by atoms with Gasteiger partial charge in [-0.25, -0.2) is 4.98 Å². The maximum Gasteiger partial charge on any atom is 0.257 e. The van der Waals surface area contributed by atoms with Crippen molar-refractivity contribution in [1.29, 1.82) is 0 Å². The van der Waals surface area contributed by atoms with Crippen molar-refractivity contribution < 1.29 is 23.4 Å². The van der Waals surface area contributed by atoms with Crippen LogP contribution in [0.4, 0.5) is 5.82 Å². The largest absolute Gasteiger partial charge is 0.493 e. The number of hydrogen-bond acceptors (Lipinski definition) is 8. The minimum Gasteiger partial charge on any atom is -0.493 e. The SMILES string of the molecule is COc1cc(C(=O)Nc2cc(-c3ccco3)nn2-c2nc(C(C)C)cc(=O)[nH]2)cc(OC)c1OC. The Bertz CT molecular complexity index is 1380. The first-order valence-corrected chi connectivity index (χ1v) is 10.7. The zero-order valence-corrected chi connectivity index (χ0v) is 19.9. The standard InChI is InChI=1S/C24H25N5O6/c1-13(2)15-12-21(30)27-24(25-15)29-20(11-16(28-29)17-7-6-8-35-17)26-23(31)14-9-18(32-3)22(34-5)19(10-14)33-4/h6-13H,1-5H3,(H,26,31)(H,25,27,30). The average molecular weight is 479 g/mol. The number of carbonyl (C=O) groups excluding carboxylic acids is 1. The summed E-state index contributed by atoms with van der Waals surface area (Å²) in [6, 6.07) is 9.57. The van der Waals surface area contributed by atoms with Crippen LogP contribution in [-0.4, -0.2) is 47.0 Å². The van der Waals surface area contributed by atoms with Gasteiger partial charge in [-0.05, 0) is 30.2 Å². The van der Waals surface area contributed by atoms with Gasteiger partial charge in [-0.3, -0.25) is 14.6 Å². The molecule has 3 aromatic heterocycles. The topological polar surface area (TPSA) is 134 Å². The number of anilines is 1. The van der Waals surface area contributed by atoms with Crippen molar-refractivity contribution in [1.82, 2.24) is 19.7 Å². The lowest BCUT2D eigenvalue weighted by Crippen LogP contribution is -2.19. The van der Waals surface area contributed by atoms with Crippen molar-refractivity contribution in [2.75, 3.05) is 26.6 Å². The fourth-order valence-electron chi connectivity index (χ4n) is 3.44. The Morgan fingerprint density at radius 3 is 2.37 bits per heavy atom. The molecule has 0 spiro atoms. The highest BCUT2D eigenvalue weighted by molar-refractivity contribution is 6.05. The number of nitrogens with one attached hydrogen (secondary N) is 2. The van der Waals surface area contributed by atoms with E-state index >= 15 is 0 Å². The van der Waals surface area contributed by atoms with Crippen LogP contribution in [0.15, 0.2) is 51.9 Å². The molecular formula is C24H25N5O6. The molecule has 4 rings (SSSR count). The predicted octanol–water partition coefficient (Wildman–Crippen LogP) is 3.62. The summed E-state index contributed by atoms with van der Waals surface area (Å²) in [5.41, 5.74) is 0.938. The number of nitrogens with zero attached hydrogens (tertiary/aromatic N) is 3. The number of carbonyl (C=O) groups is 1. The van der Waals surface area contributed by atoms with E-state index < -0.39 is 5.91 Å². The van der Waals surface area contributed by atoms with E-state index in [1.54, 1.807) is 18.2 Å². The molecule has 1 amide bonds. The highest BCUT2D eigenvalue weighted by Gasteiger charge is 2.21. The van der Waals surface area contributed by atoms with E-state index in [1.165, 1.54) is 50.5 Å². The number of aromatic nitrogens is 4. The molecule has 0 aliphatic carbocycles. The fourth-order valence-corrected chi connectivity index (χ4v) is 3.44. The van der Waals surface area contributed by atoms with Crippen molar-refractivity contribution >= 4 is 11.7 Å². The third-order valence-corrected chi connectivity index (χ3v) is 5.19. The summed E-state index contributed by atoms with van der Waals surface area (Å²) in [6.07, 6.45) is 1.52. The van der Waals surface area contributed by atoms with Gasteiger partial charge in [0.1, 0.15) is 11.5 Å². The van der Waals surface area contributed by atoms with Crippen molar-refractivity contribution in [3.8, 4) is 34.7 Å². The van der Waals surface area contributed by atoms with E-state index in [4.69, 9.17) is 18.6 Å². The Morgan fingerprint density at radius 2 is 1.80 bits per heavy atom. The van der Waals surface area contributed by atoms with E-state index in [0.29, 0.717) is 34.4 Å². The number of benzene rings is 1. The van der Waals surface area contributed by atoms with E-state index in [2.05, 4.69) is 20.4 Å². The van der Waals surface area contributed by atoms with E-state index in [9.17, 15) is 9.59 Å². The number of furan rings is 1. The number of rotatable bonds is 8. The maximum absolute atomic E-state index is 13.3. The van der Waals surface area contributed by atoms with Gasteiger partial charge in [-0.2, -0.15) is 9.78 Å². The van der Waals surface area contributed by atoms with Gasteiger partial charge in [-0.1, -0.05) is 13.8 Å². The minimum absolute atomic E-state index is 0.00780. The molecule has 3 heterocycles. The molecule has 0 radical (unpaired) electrons. The second kappa shape index (κ2) is 9.75. The zero-order valence-electron chi connectivity index (χ0n) is 19.9. The Balaban J connectivity index is 1.79. The second-order valence-electron chi connectivity index (χ2n) is 7.82. The van der Waals surface area contributed by atoms with Crippen LogP contribution in [0.1, 0.15) is 35.8 Å². The van der Waals surface area contributed by atoms with Gasteiger partial charge in [0.05, 0.1) is 33.3 Å². The zero-order chi connectivity index (χ0) is 25.1. The van der Waals surface area contributed by atoms with Crippen LogP contribution in [0.5, 0.6) is 17.2 Å². The van der Waals surface area contributed by atoms with Crippen LogP contribution in [0.25, 0.3) is 17.4 Å². The van der Waals surface area contributed by atoms with Crippen molar-refractivity contribution in [2.45, 2.75) is 19.8 Å². The third-order valence-electron chi connectivity index (χ3n) is 5.19. The molecule has 0 bridgehead atoms. The predicted molar refractivity (Wildman–Crippen MR) is 128 cm³/mol. The van der Waals surface area contributed by atoms with Crippen LogP contribution in [0.3, 0.4) is 0 Å². The van der Waals surface area contributed by atoms with Crippen molar-refractivity contribution in [2.24, 2.45) is 0 Å². The fraction of sp³-hybridized carbons (Fsp3) is 0.250. The number of aromatic amines is 1. The van der Waals surface area contributed by atoms with Gasteiger partial charge >= 0.3 is 0 Å². The Labute approximate surface area is 200 Å². The van der Waals surface area contributed by atoms with Gasteiger partial charge < -0.3 is 23.9 Å². The summed E-state index contributed by atoms with van der Waals surface area (Å²) < 4.78 is 22.8. The highest BCUT2D eigenvalue weighted by atomic mass is 16.5. The molecule has 11 heteroatoms. The number of ether oxygens (including phenoxy) is 3. The van der Waals surface area contributed by atoms with Crippen LogP contribution >= 0.6 is 0 Å². The number of methoxy groups -OCH3 is 3. The van der Waals surface area contributed by atoms with Crippen molar-refractivity contribution in [3.63, 3.8) is 0 Å². The van der Waals surface area contributed by atoms with Crippen LogP contribution in [-0.2, 0) is 0 Å². The molecular weight excluding hydrogens is 454 g/mol. The third kappa shape index (κ3) is 4.74. The summed E-state index contributed by atoms with van der Waals surface area (Å²) in [4.78, 5) is 32.8. The van der Waals surface area contributed by atoms with Gasteiger partial charge in [0.2, 0.25) is 11.7 Å². The molecule has 0 saturated carbocycles. The lowest BCUT2D eigenvalue weighted by molar-refractivity contribution is 0.102. The highest BCUT2D eigenvalue weighted by Crippen LogP contribution is 2.38. The summed E-state index contributed by atoms with van der Waals surface area (Å²) in [6.45, 7) is 3.85. The van der Waals surface area contributed by atoms with Crippen LogP contribution < -0.4 is 25.1 Å². The lowest BCUT2D eigenvalue weighted by atomic mass is 10.1. The Kier molecular flexibility index (Phi) is 6.58. The van der Waals surface area contributed by atoms with E-state index in [0.717, 1.165) is 0 Å². The van der Waals surface area contributed by atoms with Gasteiger partial charge in [0.25, 0.3) is 11.5 Å². The molecule has 0 aliphatic rings. The first kappa shape index (κ1) is 23.6. The van der Waals surface area contributed by atoms with Gasteiger partial charge in [0, 0.05) is 17.7 Å². The minimum atomic E-state index is -0.473. The molecule has 11 nitrogen and oxygen atoms in total. The number of H-pyrrole nitrogens is 1. The molecule has 2 N–H and O–H groups in total. The van der Waals surface area contributed by atoms with E-state index in [-0.39, 0.29) is 28.8 Å². The molecule has 0 fully saturated rings. The monoisotopic (exact) mass is 479 g/mol. The summed E-state index contributed by atoms with van der Waals surface area (Å²) in [5.74, 6) is 1.46.